The second kappa shape index (κ2) is 3.50. The van der Waals surface area contributed by atoms with Crippen molar-refractivity contribution in [1.29, 1.82) is 0 Å². The first-order chi connectivity index (χ1) is 6.99. The van der Waals surface area contributed by atoms with E-state index in [-0.39, 0.29) is 16.9 Å². The third kappa shape index (κ3) is 1.68. The summed E-state index contributed by atoms with van der Waals surface area (Å²) in [4.78, 5) is 11.6. The Morgan fingerprint density at radius 3 is 2.33 bits per heavy atom. The molecule has 86 valence electrons. The molecule has 0 aromatic heterocycles. The second-order valence-electron chi connectivity index (χ2n) is 5.98. The summed E-state index contributed by atoms with van der Waals surface area (Å²) in [6.07, 6.45) is 7.16. The number of carbonyl (C=O) groups is 1. The van der Waals surface area contributed by atoms with Gasteiger partial charge in [-0.1, -0.05) is 13.3 Å². The molecule has 2 fully saturated rings. The highest BCUT2D eigenvalue weighted by molar-refractivity contribution is 5.80. The Bertz CT molecular complexity index is 262. The van der Waals surface area contributed by atoms with Gasteiger partial charge < -0.3 is 5.32 Å². The first kappa shape index (κ1) is 11.0. The summed E-state index contributed by atoms with van der Waals surface area (Å²) < 4.78 is 0. The van der Waals surface area contributed by atoms with Crippen LogP contribution in [0.25, 0.3) is 0 Å². The summed E-state index contributed by atoms with van der Waals surface area (Å²) in [7, 11) is 0. The Labute approximate surface area is 92.8 Å². The highest BCUT2D eigenvalue weighted by Crippen LogP contribution is 2.52. The topological polar surface area (TPSA) is 29.1 Å². The fourth-order valence-electron chi connectivity index (χ4n) is 3.49. The van der Waals surface area contributed by atoms with Crippen molar-refractivity contribution in [3.8, 4) is 0 Å². The summed E-state index contributed by atoms with van der Waals surface area (Å²) in [5.74, 6) is 1.16. The van der Waals surface area contributed by atoms with Gasteiger partial charge in [0.15, 0.2) is 0 Å². The van der Waals surface area contributed by atoms with Crippen LogP contribution in [0.3, 0.4) is 0 Å². The van der Waals surface area contributed by atoms with Crippen molar-refractivity contribution in [2.45, 2.75) is 64.8 Å². The summed E-state index contributed by atoms with van der Waals surface area (Å²) in [5, 5.41) is 3.15. The third-order valence-electron chi connectivity index (χ3n) is 4.92. The van der Waals surface area contributed by atoms with Gasteiger partial charge in [-0.2, -0.15) is 0 Å². The van der Waals surface area contributed by atoms with Gasteiger partial charge >= 0.3 is 0 Å². The van der Waals surface area contributed by atoms with Crippen LogP contribution in [0.15, 0.2) is 0 Å². The van der Waals surface area contributed by atoms with E-state index in [9.17, 15) is 4.79 Å². The first-order valence-electron chi connectivity index (χ1n) is 6.30. The van der Waals surface area contributed by atoms with Crippen LogP contribution in [-0.4, -0.2) is 11.4 Å². The number of hydrogen-bond acceptors (Lipinski definition) is 1. The zero-order valence-electron chi connectivity index (χ0n) is 10.2. The van der Waals surface area contributed by atoms with Crippen LogP contribution in [0.2, 0.25) is 0 Å². The van der Waals surface area contributed by atoms with E-state index in [0.29, 0.717) is 0 Å². The van der Waals surface area contributed by atoms with E-state index in [4.69, 9.17) is 0 Å². The van der Waals surface area contributed by atoms with Crippen molar-refractivity contribution in [3.63, 3.8) is 0 Å². The van der Waals surface area contributed by atoms with E-state index < -0.39 is 0 Å². The monoisotopic (exact) mass is 209 g/mol. The molecule has 15 heavy (non-hydrogen) atoms. The van der Waals surface area contributed by atoms with Gasteiger partial charge in [-0.3, -0.25) is 4.79 Å². The average molecular weight is 209 g/mol. The highest BCUT2D eigenvalue weighted by atomic mass is 16.2. The predicted molar refractivity (Wildman–Crippen MR) is 61.5 cm³/mol. The molecule has 1 N–H and O–H groups in total. The number of nitrogens with one attached hydrogen (secondary N) is 1. The second-order valence-corrected chi connectivity index (χ2v) is 5.98. The number of carbonyl (C=O) groups excluding carboxylic acids is 1. The fourth-order valence-corrected chi connectivity index (χ4v) is 3.49. The lowest BCUT2D eigenvalue weighted by Gasteiger charge is -2.45. The summed E-state index contributed by atoms with van der Waals surface area (Å²) in [6.45, 7) is 6.68. The van der Waals surface area contributed by atoms with E-state index in [2.05, 4.69) is 26.1 Å². The normalized spacial score (nSPS) is 39.4. The zero-order valence-corrected chi connectivity index (χ0v) is 10.2. The van der Waals surface area contributed by atoms with Crippen molar-refractivity contribution in [1.82, 2.24) is 5.32 Å². The van der Waals surface area contributed by atoms with Crippen molar-refractivity contribution in [2.75, 3.05) is 0 Å². The van der Waals surface area contributed by atoms with Crippen molar-refractivity contribution < 1.29 is 4.79 Å². The van der Waals surface area contributed by atoms with Gasteiger partial charge in [0.05, 0.1) is 0 Å². The highest BCUT2D eigenvalue weighted by Gasteiger charge is 2.53. The standard InChI is InChI=1S/C13H23NO/c1-4-10-5-7-13(8-6-10)9-11(15)14-12(13,2)3/h10H,4-9H2,1-3H3,(H,14,15). The third-order valence-corrected chi connectivity index (χ3v) is 4.92. The average Bonchev–Trinajstić information content (AvgIpc) is 2.38. The Morgan fingerprint density at radius 1 is 1.33 bits per heavy atom. The molecular formula is C13H23NO. The summed E-state index contributed by atoms with van der Waals surface area (Å²) in [5.41, 5.74) is 0.276. The van der Waals surface area contributed by atoms with Crippen molar-refractivity contribution >= 4 is 5.91 Å². The molecule has 0 bridgehead atoms. The molecule has 1 saturated carbocycles. The Kier molecular flexibility index (Phi) is 2.56. The van der Waals surface area contributed by atoms with Crippen molar-refractivity contribution in [3.05, 3.63) is 0 Å². The maximum Gasteiger partial charge on any atom is 0.221 e. The summed E-state index contributed by atoms with van der Waals surface area (Å²) in [6, 6.07) is 0. The Hall–Kier alpha value is -0.530. The molecule has 2 heteroatoms. The fraction of sp³-hybridized carbons (Fsp3) is 0.923. The van der Waals surface area contributed by atoms with Gasteiger partial charge in [0, 0.05) is 17.4 Å². The number of hydrogen-bond donors (Lipinski definition) is 1. The molecular weight excluding hydrogens is 186 g/mol. The Morgan fingerprint density at radius 2 is 1.93 bits per heavy atom. The quantitative estimate of drug-likeness (QED) is 0.707. The van der Waals surface area contributed by atoms with Crippen LogP contribution in [0.5, 0.6) is 0 Å². The SMILES string of the molecule is CCC1CCC2(CC1)CC(=O)NC2(C)C. The lowest BCUT2D eigenvalue weighted by atomic mass is 9.61. The molecule has 1 aliphatic heterocycles. The van der Waals surface area contributed by atoms with Gasteiger partial charge in [-0.05, 0) is 45.4 Å². The molecule has 0 unspecified atom stereocenters. The molecule has 1 spiro atoms. The molecule has 1 aliphatic carbocycles. The van der Waals surface area contributed by atoms with Crippen LogP contribution in [0.1, 0.15) is 59.3 Å². The van der Waals surface area contributed by atoms with Crippen LogP contribution in [-0.2, 0) is 4.79 Å². The molecule has 0 aromatic rings. The molecule has 2 nitrogen and oxygen atoms in total. The molecule has 1 saturated heterocycles. The minimum absolute atomic E-state index is 0.0167. The maximum absolute atomic E-state index is 11.6. The van der Waals surface area contributed by atoms with E-state index in [1.807, 2.05) is 0 Å². The number of rotatable bonds is 1. The van der Waals surface area contributed by atoms with E-state index >= 15 is 0 Å². The summed E-state index contributed by atoms with van der Waals surface area (Å²) >= 11 is 0. The minimum atomic E-state index is 0.0167. The smallest absolute Gasteiger partial charge is 0.221 e. The van der Waals surface area contributed by atoms with Gasteiger partial charge in [0.25, 0.3) is 0 Å². The predicted octanol–water partition coefficient (Wildman–Crippen LogP) is 2.87. The molecule has 1 heterocycles. The van der Waals surface area contributed by atoms with Crippen molar-refractivity contribution in [2.24, 2.45) is 11.3 Å². The van der Waals surface area contributed by atoms with Crippen LogP contribution < -0.4 is 5.32 Å². The molecule has 2 rings (SSSR count). The van der Waals surface area contributed by atoms with Crippen LogP contribution in [0.4, 0.5) is 0 Å². The van der Waals surface area contributed by atoms with Gasteiger partial charge in [-0.15, -0.1) is 0 Å². The van der Waals surface area contributed by atoms with E-state index in [1.165, 1.54) is 32.1 Å². The largest absolute Gasteiger partial charge is 0.351 e. The zero-order chi connectivity index (χ0) is 11.1. The lowest BCUT2D eigenvalue weighted by Crippen LogP contribution is -2.48. The molecule has 0 aromatic carbocycles. The Balaban J connectivity index is 2.12. The van der Waals surface area contributed by atoms with Crippen LogP contribution in [0, 0.1) is 11.3 Å². The van der Waals surface area contributed by atoms with Crippen LogP contribution >= 0.6 is 0 Å². The molecule has 0 radical (unpaired) electrons. The van der Waals surface area contributed by atoms with E-state index in [0.717, 1.165) is 12.3 Å². The molecule has 0 atom stereocenters. The number of amides is 1. The molecule has 2 aliphatic rings. The van der Waals surface area contributed by atoms with Gasteiger partial charge in [0.2, 0.25) is 5.91 Å². The lowest BCUT2D eigenvalue weighted by molar-refractivity contribution is -0.120. The van der Waals surface area contributed by atoms with Gasteiger partial charge in [0.1, 0.15) is 0 Å². The molecule has 1 amide bonds. The maximum atomic E-state index is 11.6. The minimum Gasteiger partial charge on any atom is -0.351 e. The first-order valence-corrected chi connectivity index (χ1v) is 6.30. The van der Waals surface area contributed by atoms with Gasteiger partial charge in [-0.25, -0.2) is 0 Å². The van der Waals surface area contributed by atoms with E-state index in [1.54, 1.807) is 0 Å².